The minimum absolute atomic E-state index is 0. The Morgan fingerprint density at radius 2 is 0.861 bits per heavy atom. The molecule has 0 fully saturated rings. The smallest absolute Gasteiger partial charge is 0.216 e. The first-order chi connectivity index (χ1) is 16.8. The van der Waals surface area contributed by atoms with Gasteiger partial charge in [-0.05, 0) is 25.0 Å². The summed E-state index contributed by atoms with van der Waals surface area (Å²) in [5.74, 6) is 1.90. The Bertz CT molecular complexity index is 1120. The van der Waals surface area contributed by atoms with Crippen molar-refractivity contribution in [1.29, 1.82) is 0 Å². The van der Waals surface area contributed by atoms with Crippen LogP contribution in [0.4, 0.5) is 0 Å². The molecule has 2 heterocycles. The van der Waals surface area contributed by atoms with Gasteiger partial charge < -0.3 is 57.4 Å². The van der Waals surface area contributed by atoms with Crippen LogP contribution in [0.5, 0.6) is 11.5 Å². The summed E-state index contributed by atoms with van der Waals surface area (Å²) in [4.78, 5) is 0. The summed E-state index contributed by atoms with van der Waals surface area (Å²) in [6.07, 6.45) is 14.7. The quantitative estimate of drug-likeness (QED) is 0.114. The van der Waals surface area contributed by atoms with Gasteiger partial charge in [0.2, 0.25) is 11.0 Å². The van der Waals surface area contributed by atoms with Crippen molar-refractivity contribution in [3.05, 3.63) is 73.1 Å². The second-order valence-corrected chi connectivity index (χ2v) is 9.02. The number of ether oxygens (including phenoxy) is 2. The van der Waals surface area contributed by atoms with Crippen LogP contribution in [0.1, 0.15) is 51.4 Å². The van der Waals surface area contributed by atoms with Gasteiger partial charge in [-0.15, -0.1) is 0 Å². The summed E-state index contributed by atoms with van der Waals surface area (Å²) in [5.41, 5.74) is 2.51. The third-order valence-corrected chi connectivity index (χ3v) is 6.76. The number of aryl methyl sites for hydroxylation is 2. The standard InChI is InChI=1S/C30H38N2O2.2HI/c1-33-29-19-23-31(27-17-11-9-15-25(27)29)21-13-7-5-3-4-6-8-14-22-32-24-20-30(34-2)26-16-10-12-18-28(26)32;;/h9-12,15-20,23-24H,3-8,13-14,21-22H2,1-2H3;2*1H/q+2;;/p-2. The molecule has 0 unspecified atom stereocenters. The summed E-state index contributed by atoms with van der Waals surface area (Å²) in [5, 5.41) is 2.38. The van der Waals surface area contributed by atoms with Crippen molar-refractivity contribution in [2.24, 2.45) is 0 Å². The molecule has 2 aromatic carbocycles. The molecule has 0 N–H and O–H groups in total. The van der Waals surface area contributed by atoms with Gasteiger partial charge in [0, 0.05) is 37.1 Å². The highest BCUT2D eigenvalue weighted by molar-refractivity contribution is 5.82. The van der Waals surface area contributed by atoms with Crippen molar-refractivity contribution in [2.45, 2.75) is 64.5 Å². The molecule has 0 spiro atoms. The highest BCUT2D eigenvalue weighted by atomic mass is 127. The Kier molecular flexibility index (Phi) is 13.8. The number of benzene rings is 2. The lowest BCUT2D eigenvalue weighted by Gasteiger charge is -2.06. The van der Waals surface area contributed by atoms with E-state index in [2.05, 4.69) is 82.2 Å². The molecule has 0 bridgehead atoms. The fourth-order valence-electron chi connectivity index (χ4n) is 4.89. The predicted molar refractivity (Wildman–Crippen MR) is 138 cm³/mol. The number of hydrogen-bond acceptors (Lipinski definition) is 2. The van der Waals surface area contributed by atoms with Crippen molar-refractivity contribution in [1.82, 2.24) is 0 Å². The van der Waals surface area contributed by atoms with E-state index in [0.717, 1.165) is 24.6 Å². The molecule has 4 aromatic rings. The number of fused-ring (bicyclic) bond motifs is 2. The fraction of sp³-hybridized carbons (Fsp3) is 0.400. The lowest BCUT2D eigenvalue weighted by atomic mass is 10.1. The average molecular weight is 712 g/mol. The van der Waals surface area contributed by atoms with E-state index in [9.17, 15) is 0 Å². The molecule has 0 aliphatic carbocycles. The van der Waals surface area contributed by atoms with E-state index in [1.54, 1.807) is 14.2 Å². The summed E-state index contributed by atoms with van der Waals surface area (Å²) < 4.78 is 15.7. The second-order valence-electron chi connectivity index (χ2n) is 9.02. The lowest BCUT2D eigenvalue weighted by Crippen LogP contribution is -3.00. The van der Waals surface area contributed by atoms with Crippen LogP contribution in [0.15, 0.2) is 73.1 Å². The number of nitrogens with zero attached hydrogens (tertiary/aromatic N) is 2. The molecule has 36 heavy (non-hydrogen) atoms. The first-order valence-electron chi connectivity index (χ1n) is 12.7. The largest absolute Gasteiger partial charge is 1.00 e. The maximum Gasteiger partial charge on any atom is 0.216 e. The van der Waals surface area contributed by atoms with Gasteiger partial charge in [-0.25, -0.2) is 0 Å². The van der Waals surface area contributed by atoms with Crippen LogP contribution in [0.3, 0.4) is 0 Å². The number of methoxy groups -OCH3 is 2. The van der Waals surface area contributed by atoms with E-state index in [4.69, 9.17) is 9.47 Å². The van der Waals surface area contributed by atoms with Crippen LogP contribution in [-0.4, -0.2) is 14.2 Å². The number of hydrogen-bond donors (Lipinski definition) is 0. The normalized spacial score (nSPS) is 10.6. The van der Waals surface area contributed by atoms with Gasteiger partial charge in [-0.1, -0.05) is 49.9 Å². The van der Waals surface area contributed by atoms with E-state index in [1.807, 2.05) is 0 Å². The Morgan fingerprint density at radius 1 is 0.500 bits per heavy atom. The Balaban J connectivity index is 0.00000228. The molecule has 2 aromatic heterocycles. The van der Waals surface area contributed by atoms with Gasteiger partial charge in [0.1, 0.15) is 24.6 Å². The predicted octanol–water partition coefficient (Wildman–Crippen LogP) is 0.414. The van der Waals surface area contributed by atoms with Crippen LogP contribution in [0, 0.1) is 0 Å². The lowest BCUT2D eigenvalue weighted by molar-refractivity contribution is -0.672. The zero-order chi connectivity index (χ0) is 23.6. The highest BCUT2D eigenvalue weighted by Gasteiger charge is 2.13. The minimum atomic E-state index is 0. The van der Waals surface area contributed by atoms with Crippen LogP contribution >= 0.6 is 0 Å². The monoisotopic (exact) mass is 712 g/mol. The SMILES string of the molecule is COc1cc[n+](CCCCCCCCCC[n+]2ccc(OC)c3ccccc32)c2ccccc12.[I-].[I-]. The summed E-state index contributed by atoms with van der Waals surface area (Å²) >= 11 is 0. The highest BCUT2D eigenvalue weighted by Crippen LogP contribution is 2.23. The van der Waals surface area contributed by atoms with Gasteiger partial charge in [0.05, 0.1) is 25.0 Å². The Hall–Kier alpha value is -1.68. The van der Waals surface area contributed by atoms with E-state index in [-0.39, 0.29) is 48.0 Å². The molecule has 4 nitrogen and oxygen atoms in total. The molecule has 0 radical (unpaired) electrons. The molecule has 4 rings (SSSR count). The first-order valence-corrected chi connectivity index (χ1v) is 12.7. The number of unbranched alkanes of at least 4 members (excludes halogenated alkanes) is 7. The molecule has 0 saturated carbocycles. The number of para-hydroxylation sites is 2. The van der Waals surface area contributed by atoms with E-state index >= 15 is 0 Å². The van der Waals surface area contributed by atoms with Crippen LogP contribution < -0.4 is 66.6 Å². The number of rotatable bonds is 13. The molecule has 194 valence electrons. The number of aromatic nitrogens is 2. The zero-order valence-electron chi connectivity index (χ0n) is 21.5. The molecule has 0 aliphatic rings. The molecule has 0 atom stereocenters. The van der Waals surface area contributed by atoms with Gasteiger partial charge in [0.15, 0.2) is 12.4 Å². The molecule has 6 heteroatoms. The van der Waals surface area contributed by atoms with Crippen molar-refractivity contribution in [3.8, 4) is 11.5 Å². The third-order valence-electron chi connectivity index (χ3n) is 6.76. The molecule has 0 aliphatic heterocycles. The molecule has 0 saturated heterocycles. The number of pyridine rings is 2. The second kappa shape index (κ2) is 16.2. The maximum absolute atomic E-state index is 5.51. The van der Waals surface area contributed by atoms with E-state index < -0.39 is 0 Å². The topological polar surface area (TPSA) is 26.2 Å². The van der Waals surface area contributed by atoms with Crippen LogP contribution in [-0.2, 0) is 13.1 Å². The Morgan fingerprint density at radius 3 is 1.25 bits per heavy atom. The van der Waals surface area contributed by atoms with Crippen molar-refractivity contribution < 1.29 is 66.6 Å². The maximum atomic E-state index is 5.51. The van der Waals surface area contributed by atoms with Crippen LogP contribution in [0.25, 0.3) is 21.8 Å². The summed E-state index contributed by atoms with van der Waals surface area (Å²) in [6, 6.07) is 21.2. The van der Waals surface area contributed by atoms with Gasteiger partial charge in [-0.3, -0.25) is 0 Å². The average Bonchev–Trinajstić information content (AvgIpc) is 2.89. The van der Waals surface area contributed by atoms with Crippen molar-refractivity contribution >= 4 is 21.8 Å². The number of halogens is 2. The van der Waals surface area contributed by atoms with Crippen LogP contribution in [0.2, 0.25) is 0 Å². The minimum Gasteiger partial charge on any atom is -1.00 e. The molecular weight excluding hydrogens is 674 g/mol. The fourth-order valence-corrected chi connectivity index (χ4v) is 4.89. The van der Waals surface area contributed by atoms with E-state index in [1.165, 1.54) is 73.2 Å². The Labute approximate surface area is 250 Å². The van der Waals surface area contributed by atoms with Gasteiger partial charge in [-0.2, -0.15) is 9.13 Å². The van der Waals surface area contributed by atoms with Crippen molar-refractivity contribution in [2.75, 3.05) is 14.2 Å². The molecule has 0 amide bonds. The first kappa shape index (κ1) is 30.5. The summed E-state index contributed by atoms with van der Waals surface area (Å²) in [6.45, 7) is 2.13. The van der Waals surface area contributed by atoms with Crippen molar-refractivity contribution in [3.63, 3.8) is 0 Å². The molecular formula is C30H38I2N2O2. The third kappa shape index (κ3) is 7.91. The zero-order valence-corrected chi connectivity index (χ0v) is 25.8. The van der Waals surface area contributed by atoms with Gasteiger partial charge >= 0.3 is 0 Å². The van der Waals surface area contributed by atoms with Gasteiger partial charge in [0.25, 0.3) is 0 Å². The van der Waals surface area contributed by atoms with E-state index in [0.29, 0.717) is 0 Å². The summed E-state index contributed by atoms with van der Waals surface area (Å²) in [7, 11) is 3.48.